The second-order valence-electron chi connectivity index (χ2n) is 7.24. The van der Waals surface area contributed by atoms with Crippen molar-refractivity contribution >= 4 is 21.8 Å². The molecule has 2 aromatic carbocycles. The Morgan fingerprint density at radius 3 is 2.46 bits per heavy atom. The lowest BCUT2D eigenvalue weighted by molar-refractivity contribution is -0.121. The Labute approximate surface area is 166 Å². The smallest absolute Gasteiger partial charge is 0.263 e. The fourth-order valence-electron chi connectivity index (χ4n) is 3.22. The number of nitrogens with zero attached hydrogens (tertiary/aromatic N) is 1. The number of carbonyl (C=O) groups is 1. The van der Waals surface area contributed by atoms with Crippen molar-refractivity contribution in [3.05, 3.63) is 65.7 Å². The number of rotatable bonds is 7. The highest BCUT2D eigenvalue weighted by Gasteiger charge is 2.30. The molecule has 1 aliphatic rings. The number of hydrogen-bond acceptors (Lipinski definition) is 4. The summed E-state index contributed by atoms with van der Waals surface area (Å²) in [6, 6.07) is 16.5. The Morgan fingerprint density at radius 1 is 1.07 bits per heavy atom. The van der Waals surface area contributed by atoms with Gasteiger partial charge in [-0.1, -0.05) is 56.3 Å². The van der Waals surface area contributed by atoms with Gasteiger partial charge < -0.3 is 5.32 Å². The van der Waals surface area contributed by atoms with Crippen LogP contribution in [0.5, 0.6) is 0 Å². The molecule has 2 N–H and O–H groups in total. The second kappa shape index (κ2) is 8.56. The molecule has 0 fully saturated rings. The van der Waals surface area contributed by atoms with Gasteiger partial charge in [-0.25, -0.2) is 8.42 Å². The number of benzene rings is 2. The van der Waals surface area contributed by atoms with Crippen LogP contribution < -0.4 is 10.0 Å². The van der Waals surface area contributed by atoms with Crippen molar-refractivity contribution in [1.82, 2.24) is 10.0 Å². The average Bonchev–Trinajstić information content (AvgIpc) is 2.92. The van der Waals surface area contributed by atoms with Crippen molar-refractivity contribution in [2.75, 3.05) is 6.54 Å². The summed E-state index contributed by atoms with van der Waals surface area (Å²) >= 11 is 0. The van der Waals surface area contributed by atoms with Crippen LogP contribution in [0.15, 0.2) is 64.5 Å². The van der Waals surface area contributed by atoms with Crippen molar-refractivity contribution in [3.63, 3.8) is 0 Å². The zero-order chi connectivity index (χ0) is 20.1. The highest BCUT2D eigenvalue weighted by molar-refractivity contribution is 7.90. The quantitative estimate of drug-likeness (QED) is 0.750. The van der Waals surface area contributed by atoms with Crippen molar-refractivity contribution in [2.45, 2.75) is 37.6 Å². The average molecular weight is 400 g/mol. The Bertz CT molecular complexity index is 969. The SMILES string of the molecule is CC(C)CC(NC(=O)CCN=C1NS(=O)(=O)c2ccccc21)c1ccccc1. The van der Waals surface area contributed by atoms with Crippen LogP contribution in [0, 0.1) is 5.92 Å². The Morgan fingerprint density at radius 2 is 1.75 bits per heavy atom. The third-order valence-electron chi connectivity index (χ3n) is 4.52. The number of sulfonamides is 1. The zero-order valence-corrected chi connectivity index (χ0v) is 16.9. The Hall–Kier alpha value is -2.67. The van der Waals surface area contributed by atoms with Gasteiger partial charge in [0.05, 0.1) is 17.5 Å². The highest BCUT2D eigenvalue weighted by Crippen LogP contribution is 2.23. The molecule has 1 aliphatic heterocycles. The first kappa shape index (κ1) is 20.1. The summed E-state index contributed by atoms with van der Waals surface area (Å²) < 4.78 is 26.6. The minimum atomic E-state index is -3.56. The van der Waals surface area contributed by atoms with Gasteiger partial charge in [0, 0.05) is 12.0 Å². The molecule has 28 heavy (non-hydrogen) atoms. The molecule has 0 spiro atoms. The minimum absolute atomic E-state index is 0.0490. The molecule has 3 rings (SSSR count). The summed E-state index contributed by atoms with van der Waals surface area (Å²) in [6.45, 7) is 4.46. The first-order chi connectivity index (χ1) is 13.4. The molecule has 0 aliphatic carbocycles. The predicted molar refractivity (Wildman–Crippen MR) is 110 cm³/mol. The lowest BCUT2D eigenvalue weighted by Crippen LogP contribution is -2.30. The zero-order valence-electron chi connectivity index (χ0n) is 16.1. The third kappa shape index (κ3) is 4.78. The van der Waals surface area contributed by atoms with E-state index in [1.807, 2.05) is 30.3 Å². The fraction of sp³-hybridized carbons (Fsp3) is 0.333. The van der Waals surface area contributed by atoms with E-state index in [2.05, 4.69) is 28.9 Å². The van der Waals surface area contributed by atoms with E-state index < -0.39 is 10.0 Å². The van der Waals surface area contributed by atoms with Gasteiger partial charge >= 0.3 is 0 Å². The first-order valence-electron chi connectivity index (χ1n) is 9.38. The summed E-state index contributed by atoms with van der Waals surface area (Å²) in [7, 11) is -3.56. The molecule has 1 amide bonds. The van der Waals surface area contributed by atoms with Crippen LogP contribution >= 0.6 is 0 Å². The normalized spacial score (nSPS) is 17.2. The molecule has 1 unspecified atom stereocenters. The maximum Gasteiger partial charge on any atom is 0.263 e. The summed E-state index contributed by atoms with van der Waals surface area (Å²) in [5, 5.41) is 3.08. The van der Waals surface area contributed by atoms with Crippen LogP contribution in [-0.4, -0.2) is 26.7 Å². The Balaban J connectivity index is 1.63. The lowest BCUT2D eigenvalue weighted by atomic mass is 9.97. The van der Waals surface area contributed by atoms with Gasteiger partial charge in [0.25, 0.3) is 10.0 Å². The molecule has 0 bridgehead atoms. The molecule has 0 saturated carbocycles. The number of nitrogens with one attached hydrogen (secondary N) is 2. The van der Waals surface area contributed by atoms with E-state index in [-0.39, 0.29) is 29.8 Å². The number of hydrogen-bond donors (Lipinski definition) is 2. The van der Waals surface area contributed by atoms with Gasteiger partial charge in [-0.05, 0) is 30.0 Å². The summed E-state index contributed by atoms with van der Waals surface area (Å²) in [4.78, 5) is 17.0. The molecule has 2 aromatic rings. The van der Waals surface area contributed by atoms with E-state index >= 15 is 0 Å². The molecule has 7 heteroatoms. The largest absolute Gasteiger partial charge is 0.349 e. The molecule has 0 radical (unpaired) electrons. The lowest BCUT2D eigenvalue weighted by Gasteiger charge is -2.21. The highest BCUT2D eigenvalue weighted by atomic mass is 32.2. The number of amides is 1. The van der Waals surface area contributed by atoms with E-state index in [1.54, 1.807) is 24.3 Å². The third-order valence-corrected chi connectivity index (χ3v) is 5.91. The molecule has 1 heterocycles. The van der Waals surface area contributed by atoms with E-state index in [9.17, 15) is 13.2 Å². The summed E-state index contributed by atoms with van der Waals surface area (Å²) in [5.41, 5.74) is 1.62. The van der Waals surface area contributed by atoms with Gasteiger partial charge in [0.15, 0.2) is 0 Å². The van der Waals surface area contributed by atoms with E-state index in [4.69, 9.17) is 0 Å². The van der Waals surface area contributed by atoms with Crippen LogP contribution in [0.2, 0.25) is 0 Å². The van der Waals surface area contributed by atoms with Crippen molar-refractivity contribution in [1.29, 1.82) is 0 Å². The van der Waals surface area contributed by atoms with Gasteiger partial charge in [-0.15, -0.1) is 0 Å². The molecule has 148 valence electrons. The van der Waals surface area contributed by atoms with Gasteiger partial charge in [0.2, 0.25) is 5.91 Å². The number of fused-ring (bicyclic) bond motifs is 1. The van der Waals surface area contributed by atoms with Crippen LogP contribution in [0.3, 0.4) is 0 Å². The monoisotopic (exact) mass is 399 g/mol. The number of amidine groups is 1. The van der Waals surface area contributed by atoms with Crippen LogP contribution in [0.25, 0.3) is 0 Å². The maximum atomic E-state index is 12.4. The molecule has 0 aromatic heterocycles. The Kier molecular flexibility index (Phi) is 6.14. The molecular formula is C21H25N3O3S. The molecule has 6 nitrogen and oxygen atoms in total. The topological polar surface area (TPSA) is 87.6 Å². The van der Waals surface area contributed by atoms with Gasteiger partial charge in [-0.3, -0.25) is 14.5 Å². The molecular weight excluding hydrogens is 374 g/mol. The first-order valence-corrected chi connectivity index (χ1v) is 10.9. The fourth-order valence-corrected chi connectivity index (χ4v) is 4.47. The van der Waals surface area contributed by atoms with Gasteiger partial charge in [-0.2, -0.15) is 0 Å². The molecule has 1 atom stereocenters. The van der Waals surface area contributed by atoms with E-state index in [1.165, 1.54) is 0 Å². The number of aliphatic imine (C=N–C) groups is 1. The van der Waals surface area contributed by atoms with Crippen molar-refractivity contribution in [2.24, 2.45) is 10.9 Å². The van der Waals surface area contributed by atoms with Gasteiger partial charge in [0.1, 0.15) is 5.84 Å². The van der Waals surface area contributed by atoms with E-state index in [0.717, 1.165) is 12.0 Å². The van der Waals surface area contributed by atoms with Crippen molar-refractivity contribution < 1.29 is 13.2 Å². The minimum Gasteiger partial charge on any atom is -0.349 e. The van der Waals surface area contributed by atoms with Crippen LogP contribution in [-0.2, 0) is 14.8 Å². The predicted octanol–water partition coefficient (Wildman–Crippen LogP) is 3.02. The van der Waals surface area contributed by atoms with Crippen LogP contribution in [0.4, 0.5) is 0 Å². The van der Waals surface area contributed by atoms with Crippen molar-refractivity contribution in [3.8, 4) is 0 Å². The summed E-state index contributed by atoms with van der Waals surface area (Å²) in [5.74, 6) is 0.633. The van der Waals surface area contributed by atoms with Crippen LogP contribution in [0.1, 0.15) is 43.9 Å². The second-order valence-corrected chi connectivity index (χ2v) is 8.89. The maximum absolute atomic E-state index is 12.4. The number of carbonyl (C=O) groups excluding carboxylic acids is 1. The summed E-state index contributed by atoms with van der Waals surface area (Å²) in [6.07, 6.45) is 1.03. The molecule has 0 saturated heterocycles. The standard InChI is InChI=1S/C21H25N3O3S/c1-15(2)14-18(16-8-4-3-5-9-16)23-20(25)12-13-22-21-17-10-6-7-11-19(17)28(26,27)24-21/h3-11,15,18H,12-14H2,1-2H3,(H,22,24)(H,23,25). The van der Waals surface area contributed by atoms with E-state index in [0.29, 0.717) is 17.3 Å².